The van der Waals surface area contributed by atoms with E-state index < -0.39 is 0 Å². The maximum absolute atomic E-state index is 5.90. The molecule has 3 nitrogen and oxygen atoms in total. The van der Waals surface area contributed by atoms with E-state index in [0.29, 0.717) is 5.82 Å². The number of rotatable bonds is 4. The standard InChI is InChI=1S/C10H17N3/c1-2-4-9(11)7-8-5-3-6-13-10(8)12/h3,5-6,9H,2,4,7,11H2,1H3,(H2,12,13). The molecule has 0 aliphatic heterocycles. The Labute approximate surface area is 79.2 Å². The Bertz CT molecular complexity index is 260. The van der Waals surface area contributed by atoms with Crippen LogP contribution in [0.1, 0.15) is 25.3 Å². The molecule has 1 heterocycles. The van der Waals surface area contributed by atoms with Gasteiger partial charge in [0.2, 0.25) is 0 Å². The van der Waals surface area contributed by atoms with E-state index in [-0.39, 0.29) is 6.04 Å². The maximum atomic E-state index is 5.90. The zero-order valence-corrected chi connectivity index (χ0v) is 8.03. The molecule has 0 aliphatic carbocycles. The van der Waals surface area contributed by atoms with Gasteiger partial charge in [-0.25, -0.2) is 4.98 Å². The molecule has 1 rings (SSSR count). The van der Waals surface area contributed by atoms with Gasteiger partial charge < -0.3 is 11.5 Å². The highest BCUT2D eigenvalue weighted by atomic mass is 14.8. The second kappa shape index (κ2) is 4.82. The first kappa shape index (κ1) is 9.99. The summed E-state index contributed by atoms with van der Waals surface area (Å²) in [4.78, 5) is 4.01. The lowest BCUT2D eigenvalue weighted by Crippen LogP contribution is -2.23. The quantitative estimate of drug-likeness (QED) is 0.733. The number of hydrogen-bond acceptors (Lipinski definition) is 3. The van der Waals surface area contributed by atoms with Gasteiger partial charge in [0.05, 0.1) is 0 Å². The Morgan fingerprint density at radius 1 is 1.54 bits per heavy atom. The van der Waals surface area contributed by atoms with Gasteiger partial charge in [0.15, 0.2) is 0 Å². The fourth-order valence-electron chi connectivity index (χ4n) is 1.38. The number of nitrogen functional groups attached to an aromatic ring is 1. The van der Waals surface area contributed by atoms with Crippen molar-refractivity contribution in [1.29, 1.82) is 0 Å². The van der Waals surface area contributed by atoms with Crippen LogP contribution in [0.5, 0.6) is 0 Å². The van der Waals surface area contributed by atoms with E-state index in [1.807, 2.05) is 12.1 Å². The van der Waals surface area contributed by atoms with Crippen LogP contribution in [0, 0.1) is 0 Å². The summed E-state index contributed by atoms with van der Waals surface area (Å²) < 4.78 is 0. The fraction of sp³-hybridized carbons (Fsp3) is 0.500. The number of pyridine rings is 1. The molecule has 0 saturated heterocycles. The van der Waals surface area contributed by atoms with Gasteiger partial charge in [0.25, 0.3) is 0 Å². The van der Waals surface area contributed by atoms with Crippen molar-refractivity contribution >= 4 is 5.82 Å². The number of aromatic nitrogens is 1. The normalized spacial score (nSPS) is 12.8. The molecule has 0 amide bonds. The predicted molar refractivity (Wildman–Crippen MR) is 55.2 cm³/mol. The molecule has 0 saturated carbocycles. The summed E-state index contributed by atoms with van der Waals surface area (Å²) in [5.41, 5.74) is 12.7. The average molecular weight is 179 g/mol. The van der Waals surface area contributed by atoms with E-state index in [1.165, 1.54) is 0 Å². The van der Waals surface area contributed by atoms with E-state index >= 15 is 0 Å². The Kier molecular flexibility index (Phi) is 3.71. The molecule has 1 aromatic rings. The molecule has 1 atom stereocenters. The van der Waals surface area contributed by atoms with Crippen molar-refractivity contribution in [2.75, 3.05) is 5.73 Å². The van der Waals surface area contributed by atoms with Crippen molar-refractivity contribution in [3.63, 3.8) is 0 Å². The molecule has 3 heteroatoms. The first-order valence-corrected chi connectivity index (χ1v) is 4.69. The Balaban J connectivity index is 2.58. The molecular formula is C10H17N3. The van der Waals surface area contributed by atoms with Gasteiger partial charge in [-0.1, -0.05) is 19.4 Å². The summed E-state index contributed by atoms with van der Waals surface area (Å²) in [6, 6.07) is 4.08. The Hall–Kier alpha value is -1.09. The van der Waals surface area contributed by atoms with Crippen LogP contribution in [0.15, 0.2) is 18.3 Å². The second-order valence-electron chi connectivity index (χ2n) is 3.30. The van der Waals surface area contributed by atoms with Gasteiger partial charge in [-0.05, 0) is 24.5 Å². The van der Waals surface area contributed by atoms with E-state index in [9.17, 15) is 0 Å². The largest absolute Gasteiger partial charge is 0.383 e. The smallest absolute Gasteiger partial charge is 0.126 e. The molecule has 1 unspecified atom stereocenters. The van der Waals surface area contributed by atoms with Gasteiger partial charge >= 0.3 is 0 Å². The average Bonchev–Trinajstić information content (AvgIpc) is 2.09. The molecule has 1 aromatic heterocycles. The van der Waals surface area contributed by atoms with Crippen LogP contribution < -0.4 is 11.5 Å². The van der Waals surface area contributed by atoms with Gasteiger partial charge in [0.1, 0.15) is 5.82 Å². The third kappa shape index (κ3) is 3.03. The minimum atomic E-state index is 0.205. The van der Waals surface area contributed by atoms with E-state index in [1.54, 1.807) is 6.20 Å². The lowest BCUT2D eigenvalue weighted by atomic mass is 10.0. The first-order chi connectivity index (χ1) is 6.24. The van der Waals surface area contributed by atoms with Crippen LogP contribution in [0.2, 0.25) is 0 Å². The SMILES string of the molecule is CCCC(N)Cc1cccnc1N. The first-order valence-electron chi connectivity index (χ1n) is 4.69. The maximum Gasteiger partial charge on any atom is 0.126 e. The van der Waals surface area contributed by atoms with Crippen molar-refractivity contribution in [3.05, 3.63) is 23.9 Å². The molecule has 0 fully saturated rings. The van der Waals surface area contributed by atoms with Gasteiger partial charge in [-0.15, -0.1) is 0 Å². The number of anilines is 1. The summed E-state index contributed by atoms with van der Waals surface area (Å²) in [6.45, 7) is 2.13. The summed E-state index contributed by atoms with van der Waals surface area (Å²) in [5.74, 6) is 0.606. The van der Waals surface area contributed by atoms with Crippen LogP contribution in [0.4, 0.5) is 5.82 Å². The van der Waals surface area contributed by atoms with Crippen molar-refractivity contribution in [3.8, 4) is 0 Å². The highest BCUT2D eigenvalue weighted by molar-refractivity contribution is 5.38. The van der Waals surface area contributed by atoms with Gasteiger partial charge in [-0.2, -0.15) is 0 Å². The van der Waals surface area contributed by atoms with Crippen LogP contribution in [-0.4, -0.2) is 11.0 Å². The molecule has 4 N–H and O–H groups in total. The Morgan fingerprint density at radius 3 is 2.92 bits per heavy atom. The van der Waals surface area contributed by atoms with E-state index in [4.69, 9.17) is 11.5 Å². The van der Waals surface area contributed by atoms with E-state index in [2.05, 4.69) is 11.9 Å². The summed E-state index contributed by atoms with van der Waals surface area (Å²) in [6.07, 6.45) is 4.67. The topological polar surface area (TPSA) is 64.9 Å². The highest BCUT2D eigenvalue weighted by Gasteiger charge is 2.05. The van der Waals surface area contributed by atoms with E-state index in [0.717, 1.165) is 24.8 Å². The van der Waals surface area contributed by atoms with Crippen molar-refractivity contribution < 1.29 is 0 Å². The van der Waals surface area contributed by atoms with Crippen molar-refractivity contribution in [2.24, 2.45) is 5.73 Å². The van der Waals surface area contributed by atoms with Crippen molar-refractivity contribution in [1.82, 2.24) is 4.98 Å². The molecule has 0 aromatic carbocycles. The zero-order chi connectivity index (χ0) is 9.68. The second-order valence-corrected chi connectivity index (χ2v) is 3.30. The molecule has 0 radical (unpaired) electrons. The summed E-state index contributed by atoms with van der Waals surface area (Å²) >= 11 is 0. The lowest BCUT2D eigenvalue weighted by Gasteiger charge is -2.10. The lowest BCUT2D eigenvalue weighted by molar-refractivity contribution is 0.600. The highest BCUT2D eigenvalue weighted by Crippen LogP contribution is 2.10. The molecule has 0 bridgehead atoms. The van der Waals surface area contributed by atoms with Crippen molar-refractivity contribution in [2.45, 2.75) is 32.2 Å². The summed E-state index contributed by atoms with van der Waals surface area (Å²) in [7, 11) is 0. The minimum Gasteiger partial charge on any atom is -0.383 e. The number of nitrogens with zero attached hydrogens (tertiary/aromatic N) is 1. The van der Waals surface area contributed by atoms with Gasteiger partial charge in [0, 0.05) is 12.2 Å². The molecular weight excluding hydrogens is 162 g/mol. The third-order valence-electron chi connectivity index (χ3n) is 2.07. The predicted octanol–water partition coefficient (Wildman–Crippen LogP) is 1.33. The molecule has 0 spiro atoms. The van der Waals surface area contributed by atoms with Gasteiger partial charge in [-0.3, -0.25) is 0 Å². The van der Waals surface area contributed by atoms with Crippen LogP contribution in [0.25, 0.3) is 0 Å². The van der Waals surface area contributed by atoms with Crippen LogP contribution in [-0.2, 0) is 6.42 Å². The van der Waals surface area contributed by atoms with Crippen LogP contribution >= 0.6 is 0 Å². The molecule has 13 heavy (non-hydrogen) atoms. The fourth-order valence-corrected chi connectivity index (χ4v) is 1.38. The number of nitrogens with two attached hydrogens (primary N) is 2. The number of hydrogen-bond donors (Lipinski definition) is 2. The zero-order valence-electron chi connectivity index (χ0n) is 8.03. The third-order valence-corrected chi connectivity index (χ3v) is 2.07. The molecule has 72 valence electrons. The minimum absolute atomic E-state index is 0.205. The van der Waals surface area contributed by atoms with Crippen LogP contribution in [0.3, 0.4) is 0 Å². The summed E-state index contributed by atoms with van der Waals surface area (Å²) in [5, 5.41) is 0. The monoisotopic (exact) mass is 179 g/mol. The Morgan fingerprint density at radius 2 is 2.31 bits per heavy atom. The molecule has 0 aliphatic rings.